The van der Waals surface area contributed by atoms with E-state index in [0.717, 1.165) is 6.42 Å². The van der Waals surface area contributed by atoms with E-state index in [1.165, 1.54) is 44.7 Å². The van der Waals surface area contributed by atoms with E-state index in [0.29, 0.717) is 29.7 Å². The summed E-state index contributed by atoms with van der Waals surface area (Å²) in [5.41, 5.74) is 5.24. The molecular formula is C26H30N4O6S. The molecule has 4 rings (SSSR count). The fourth-order valence-electron chi connectivity index (χ4n) is 4.82. The van der Waals surface area contributed by atoms with E-state index in [9.17, 15) is 13.2 Å². The first-order chi connectivity index (χ1) is 17.5. The number of primary amides is 1. The largest absolute Gasteiger partial charge is 0.493 e. The van der Waals surface area contributed by atoms with Crippen LogP contribution in [-0.4, -0.2) is 50.6 Å². The van der Waals surface area contributed by atoms with Crippen LogP contribution < -0.4 is 24.8 Å². The van der Waals surface area contributed by atoms with E-state index < -0.39 is 15.7 Å². The van der Waals surface area contributed by atoms with Crippen molar-refractivity contribution in [3.8, 4) is 23.1 Å². The molecule has 1 aliphatic rings. The van der Waals surface area contributed by atoms with Crippen molar-refractivity contribution in [3.63, 3.8) is 0 Å². The number of hydrogen-bond donors (Lipinski definition) is 1. The summed E-state index contributed by atoms with van der Waals surface area (Å²) in [5.74, 6) is 0.773. The first-order valence-electron chi connectivity index (χ1n) is 11.7. The third-order valence-electron chi connectivity index (χ3n) is 6.31. The summed E-state index contributed by atoms with van der Waals surface area (Å²) in [5, 5.41) is -0.305. The average molecular weight is 527 g/mol. The van der Waals surface area contributed by atoms with Gasteiger partial charge in [-0.25, -0.2) is 18.4 Å². The maximum Gasteiger partial charge on any atom is 0.253 e. The monoisotopic (exact) mass is 526 g/mol. The number of para-hydroxylation sites is 1. The molecule has 37 heavy (non-hydrogen) atoms. The highest BCUT2D eigenvalue weighted by Gasteiger charge is 2.40. The van der Waals surface area contributed by atoms with E-state index in [1.807, 2.05) is 18.7 Å². The number of carbonyl (C=O) groups is 1. The molecule has 1 saturated heterocycles. The van der Waals surface area contributed by atoms with Gasteiger partial charge in [-0.3, -0.25) is 4.79 Å². The predicted molar refractivity (Wildman–Crippen MR) is 137 cm³/mol. The van der Waals surface area contributed by atoms with Gasteiger partial charge < -0.3 is 24.8 Å². The van der Waals surface area contributed by atoms with Gasteiger partial charge in [-0.1, -0.05) is 19.1 Å². The van der Waals surface area contributed by atoms with Crippen LogP contribution >= 0.6 is 0 Å². The van der Waals surface area contributed by atoms with Crippen LogP contribution in [0.2, 0.25) is 0 Å². The molecule has 0 radical (unpaired) electrons. The van der Waals surface area contributed by atoms with Crippen molar-refractivity contribution in [3.05, 3.63) is 54.2 Å². The normalized spacial score (nSPS) is 16.9. The van der Waals surface area contributed by atoms with Crippen molar-refractivity contribution in [2.24, 2.45) is 11.7 Å². The molecule has 3 heterocycles. The van der Waals surface area contributed by atoms with Crippen molar-refractivity contribution in [1.29, 1.82) is 0 Å². The number of nitrogens with two attached hydrogens (primary N) is 1. The molecule has 1 atom stereocenters. The fourth-order valence-corrected chi connectivity index (χ4v) is 6.21. The summed E-state index contributed by atoms with van der Waals surface area (Å²) < 4.78 is 44.0. The summed E-state index contributed by atoms with van der Waals surface area (Å²) >= 11 is 0. The highest BCUT2D eigenvalue weighted by Crippen LogP contribution is 2.40. The molecule has 2 N–H and O–H groups in total. The number of ether oxygens (including phenoxy) is 3. The number of sulfone groups is 1. The first-order valence-corrected chi connectivity index (χ1v) is 13.2. The number of aromatic nitrogens is 2. The molecule has 1 aliphatic heterocycles. The maximum atomic E-state index is 13.8. The van der Waals surface area contributed by atoms with E-state index >= 15 is 0 Å². The van der Waals surface area contributed by atoms with Crippen molar-refractivity contribution in [1.82, 2.24) is 9.97 Å². The predicted octanol–water partition coefficient (Wildman–Crippen LogP) is 3.84. The van der Waals surface area contributed by atoms with Crippen molar-refractivity contribution in [2.45, 2.75) is 42.7 Å². The van der Waals surface area contributed by atoms with Crippen LogP contribution in [0, 0.1) is 5.92 Å². The molecule has 3 aromatic rings. The van der Waals surface area contributed by atoms with Gasteiger partial charge in [-0.2, -0.15) is 0 Å². The van der Waals surface area contributed by atoms with E-state index in [1.54, 1.807) is 18.2 Å². The lowest BCUT2D eigenvalue weighted by molar-refractivity contribution is 0.0997. The van der Waals surface area contributed by atoms with Crippen LogP contribution in [0.25, 0.3) is 0 Å². The lowest BCUT2D eigenvalue weighted by Crippen LogP contribution is -2.40. The number of anilines is 1. The molecule has 1 unspecified atom stereocenters. The molecule has 1 amide bonds. The Balaban J connectivity index is 1.78. The van der Waals surface area contributed by atoms with Gasteiger partial charge in [0.15, 0.2) is 16.5 Å². The lowest BCUT2D eigenvalue weighted by Gasteiger charge is -2.33. The molecular weight excluding hydrogens is 496 g/mol. The second-order valence-electron chi connectivity index (χ2n) is 9.52. The molecule has 1 fully saturated rings. The van der Waals surface area contributed by atoms with Crippen LogP contribution in [0.4, 0.5) is 5.82 Å². The summed E-state index contributed by atoms with van der Waals surface area (Å²) in [6.45, 7) is 6.77. The molecule has 2 aromatic heterocycles. The van der Waals surface area contributed by atoms with Crippen molar-refractivity contribution < 1.29 is 27.4 Å². The minimum Gasteiger partial charge on any atom is -0.493 e. The van der Waals surface area contributed by atoms with E-state index in [-0.39, 0.29) is 32.7 Å². The highest BCUT2D eigenvalue weighted by molar-refractivity contribution is 7.91. The Kier molecular flexibility index (Phi) is 7.00. The van der Waals surface area contributed by atoms with Crippen molar-refractivity contribution >= 4 is 21.6 Å². The van der Waals surface area contributed by atoms with Crippen LogP contribution in [0.3, 0.4) is 0 Å². The molecule has 11 heteroatoms. The van der Waals surface area contributed by atoms with E-state index in [4.69, 9.17) is 19.9 Å². The second-order valence-corrected chi connectivity index (χ2v) is 11.4. The Bertz CT molecular complexity index is 1440. The number of nitrogens with zero attached hydrogens (tertiary/aromatic N) is 3. The minimum absolute atomic E-state index is 0.0111. The Labute approximate surface area is 216 Å². The van der Waals surface area contributed by atoms with Gasteiger partial charge in [0.1, 0.15) is 11.4 Å². The van der Waals surface area contributed by atoms with Gasteiger partial charge in [0, 0.05) is 24.3 Å². The Morgan fingerprint density at radius 1 is 1.08 bits per heavy atom. The zero-order valence-electron chi connectivity index (χ0n) is 21.4. The van der Waals surface area contributed by atoms with Crippen LogP contribution in [0.5, 0.6) is 23.1 Å². The number of amides is 1. The SMILES string of the molecule is COc1cccc(Oc2cccc(S(=O)(=O)c3ccnc(N4CC(C)CC4(C)C)c3C(N)=O)n2)c1OC. The second kappa shape index (κ2) is 9.89. The maximum absolute atomic E-state index is 13.8. The zero-order valence-corrected chi connectivity index (χ0v) is 22.2. The minimum atomic E-state index is -4.28. The van der Waals surface area contributed by atoms with Gasteiger partial charge in [0.25, 0.3) is 5.91 Å². The average Bonchev–Trinajstić information content (AvgIpc) is 3.14. The van der Waals surface area contributed by atoms with Gasteiger partial charge in [-0.05, 0) is 50.5 Å². The smallest absolute Gasteiger partial charge is 0.253 e. The third-order valence-corrected chi connectivity index (χ3v) is 8.01. The van der Waals surface area contributed by atoms with E-state index in [2.05, 4.69) is 16.9 Å². The standard InChI is InChI=1S/C26H30N4O6S/c1-16-14-26(2,3)30(15-16)25-22(24(27)31)19(12-13-28-25)37(32,33)21-11-7-10-20(29-21)36-18-9-6-8-17(34-4)23(18)35-5/h6-13,16H,14-15H2,1-5H3,(H2,27,31). The molecule has 10 nitrogen and oxygen atoms in total. The number of pyridine rings is 2. The van der Waals surface area contributed by atoms with Crippen molar-refractivity contribution in [2.75, 3.05) is 25.7 Å². The van der Waals surface area contributed by atoms with Gasteiger partial charge >= 0.3 is 0 Å². The van der Waals surface area contributed by atoms with Gasteiger partial charge in [-0.15, -0.1) is 0 Å². The topological polar surface area (TPSA) is 134 Å². The van der Waals surface area contributed by atoms with Gasteiger partial charge in [0.2, 0.25) is 21.5 Å². The van der Waals surface area contributed by atoms with Crippen LogP contribution in [0.15, 0.2) is 58.6 Å². The number of rotatable bonds is 8. The Hall–Kier alpha value is -3.86. The first kappa shape index (κ1) is 26.2. The fraction of sp³-hybridized carbons (Fsp3) is 0.346. The zero-order chi connectivity index (χ0) is 27.0. The molecule has 196 valence electrons. The third kappa shape index (κ3) is 4.91. The Morgan fingerprint density at radius 2 is 1.78 bits per heavy atom. The number of benzene rings is 1. The quantitative estimate of drug-likeness (QED) is 0.464. The molecule has 0 bridgehead atoms. The number of carbonyl (C=O) groups excluding carboxylic acids is 1. The van der Waals surface area contributed by atoms with Crippen LogP contribution in [0.1, 0.15) is 37.6 Å². The number of methoxy groups -OCH3 is 2. The van der Waals surface area contributed by atoms with Gasteiger partial charge in [0.05, 0.1) is 19.1 Å². The summed E-state index contributed by atoms with van der Waals surface area (Å²) in [6.07, 6.45) is 2.23. The summed E-state index contributed by atoms with van der Waals surface area (Å²) in [4.78, 5) is 22.9. The summed E-state index contributed by atoms with van der Waals surface area (Å²) in [7, 11) is -1.31. The molecule has 0 aliphatic carbocycles. The molecule has 0 saturated carbocycles. The molecule has 0 spiro atoms. The highest BCUT2D eigenvalue weighted by atomic mass is 32.2. The Morgan fingerprint density at radius 3 is 2.41 bits per heavy atom. The number of hydrogen-bond acceptors (Lipinski definition) is 9. The van der Waals surface area contributed by atoms with Crippen LogP contribution in [-0.2, 0) is 9.84 Å². The summed E-state index contributed by atoms with van der Waals surface area (Å²) in [6, 6.07) is 10.7. The lowest BCUT2D eigenvalue weighted by atomic mass is 9.97. The molecule has 1 aromatic carbocycles.